The van der Waals surface area contributed by atoms with Gasteiger partial charge in [0.25, 0.3) is 0 Å². The Hall–Kier alpha value is -0.120. The van der Waals surface area contributed by atoms with Crippen LogP contribution in [0.1, 0.15) is 12.8 Å². The van der Waals surface area contributed by atoms with Gasteiger partial charge in [0.15, 0.2) is 0 Å². The minimum absolute atomic E-state index is 0.119. The fourth-order valence-corrected chi connectivity index (χ4v) is 1.12. The Kier molecular flexibility index (Phi) is 2.45. The van der Waals surface area contributed by atoms with Gasteiger partial charge in [-0.05, 0) is 19.4 Å². The first-order valence-corrected chi connectivity index (χ1v) is 3.35. The molecule has 1 rings (SSSR count). The van der Waals surface area contributed by atoms with Crippen molar-refractivity contribution in [2.75, 3.05) is 13.2 Å². The van der Waals surface area contributed by atoms with Crippen molar-refractivity contribution >= 4 is 0 Å². The maximum Gasteiger partial charge on any atom is 0.0585 e. The van der Waals surface area contributed by atoms with Gasteiger partial charge in [0.2, 0.25) is 0 Å². The van der Waals surface area contributed by atoms with Crippen LogP contribution in [0.4, 0.5) is 0 Å². The molecule has 0 aromatic heterocycles. The number of rotatable bonds is 1. The molecule has 0 aromatic carbocycles. The van der Waals surface area contributed by atoms with Crippen molar-refractivity contribution in [1.29, 1.82) is 0 Å². The fraction of sp³-hybridized carbons (Fsp3) is 1.00. The average Bonchev–Trinajstić information content (AvgIpc) is 1.88. The van der Waals surface area contributed by atoms with Gasteiger partial charge in [-0.25, -0.2) is 0 Å². The Bertz CT molecular complexity index is 87.1. The van der Waals surface area contributed by atoms with E-state index in [0.717, 1.165) is 13.0 Å². The van der Waals surface area contributed by atoms with Crippen LogP contribution in [0.5, 0.6) is 0 Å². The van der Waals surface area contributed by atoms with E-state index in [1.54, 1.807) is 0 Å². The van der Waals surface area contributed by atoms with Gasteiger partial charge in [-0.15, -0.1) is 0 Å². The Balaban J connectivity index is 2.23. The van der Waals surface area contributed by atoms with Gasteiger partial charge in [-0.1, -0.05) is 0 Å². The second-order valence-electron chi connectivity index (χ2n) is 2.51. The SMILES string of the molecule is OC[C@@H]1C[C@H](O)CCN1. The van der Waals surface area contributed by atoms with E-state index >= 15 is 0 Å². The summed E-state index contributed by atoms with van der Waals surface area (Å²) in [5.74, 6) is 0. The van der Waals surface area contributed by atoms with Crippen molar-refractivity contribution < 1.29 is 10.2 Å². The first-order valence-electron chi connectivity index (χ1n) is 3.35. The van der Waals surface area contributed by atoms with E-state index in [2.05, 4.69) is 5.32 Å². The zero-order chi connectivity index (χ0) is 6.69. The monoisotopic (exact) mass is 131 g/mol. The van der Waals surface area contributed by atoms with Crippen molar-refractivity contribution in [2.45, 2.75) is 25.0 Å². The van der Waals surface area contributed by atoms with Crippen molar-refractivity contribution in [3.05, 3.63) is 0 Å². The number of hydrogen-bond donors (Lipinski definition) is 3. The minimum Gasteiger partial charge on any atom is -0.395 e. The molecule has 3 N–H and O–H groups in total. The first kappa shape index (κ1) is 6.99. The highest BCUT2D eigenvalue weighted by Gasteiger charge is 2.17. The Labute approximate surface area is 54.7 Å². The van der Waals surface area contributed by atoms with E-state index in [4.69, 9.17) is 10.2 Å². The molecule has 1 heterocycles. The first-order chi connectivity index (χ1) is 4.33. The van der Waals surface area contributed by atoms with Crippen LogP contribution in [-0.2, 0) is 0 Å². The van der Waals surface area contributed by atoms with Crippen molar-refractivity contribution in [2.24, 2.45) is 0 Å². The molecule has 1 saturated heterocycles. The third kappa shape index (κ3) is 1.93. The largest absolute Gasteiger partial charge is 0.395 e. The lowest BCUT2D eigenvalue weighted by Crippen LogP contribution is -2.42. The number of nitrogens with one attached hydrogen (secondary N) is 1. The standard InChI is InChI=1S/C6H13NO2/c8-4-5-3-6(9)1-2-7-5/h5-9H,1-4H2/t5-,6+/m0/s1. The predicted octanol–water partition coefficient (Wildman–Crippen LogP) is -0.908. The summed E-state index contributed by atoms with van der Waals surface area (Å²) in [6, 6.07) is 0.119. The summed E-state index contributed by atoms with van der Waals surface area (Å²) in [7, 11) is 0. The van der Waals surface area contributed by atoms with Crippen LogP contribution in [0.15, 0.2) is 0 Å². The van der Waals surface area contributed by atoms with Crippen LogP contribution in [0.25, 0.3) is 0 Å². The lowest BCUT2D eigenvalue weighted by Gasteiger charge is -2.25. The predicted molar refractivity (Wildman–Crippen MR) is 34.1 cm³/mol. The molecule has 3 nitrogen and oxygen atoms in total. The number of aliphatic hydroxyl groups is 2. The number of hydrogen-bond acceptors (Lipinski definition) is 3. The second-order valence-corrected chi connectivity index (χ2v) is 2.51. The van der Waals surface area contributed by atoms with Crippen LogP contribution in [-0.4, -0.2) is 35.5 Å². The van der Waals surface area contributed by atoms with Gasteiger partial charge in [0.05, 0.1) is 12.7 Å². The molecule has 0 aromatic rings. The molecule has 0 bridgehead atoms. The molecule has 2 atom stereocenters. The fourth-order valence-electron chi connectivity index (χ4n) is 1.12. The lowest BCUT2D eigenvalue weighted by molar-refractivity contribution is 0.0956. The highest BCUT2D eigenvalue weighted by Crippen LogP contribution is 2.06. The minimum atomic E-state index is -0.205. The molecule has 1 fully saturated rings. The maximum absolute atomic E-state index is 9.06. The summed E-state index contributed by atoms with van der Waals surface area (Å²) in [5.41, 5.74) is 0. The van der Waals surface area contributed by atoms with Gasteiger partial charge in [0.1, 0.15) is 0 Å². The molecule has 0 spiro atoms. The normalized spacial score (nSPS) is 36.7. The molecule has 9 heavy (non-hydrogen) atoms. The number of aliphatic hydroxyl groups excluding tert-OH is 2. The van der Waals surface area contributed by atoms with Crippen LogP contribution < -0.4 is 5.32 Å². The van der Waals surface area contributed by atoms with E-state index < -0.39 is 0 Å². The molecule has 54 valence electrons. The molecule has 0 radical (unpaired) electrons. The number of piperidine rings is 1. The van der Waals surface area contributed by atoms with Crippen molar-refractivity contribution in [3.8, 4) is 0 Å². The third-order valence-corrected chi connectivity index (χ3v) is 1.69. The summed E-state index contributed by atoms with van der Waals surface area (Å²) >= 11 is 0. The molecule has 0 saturated carbocycles. The van der Waals surface area contributed by atoms with Crippen LogP contribution >= 0.6 is 0 Å². The highest BCUT2D eigenvalue weighted by molar-refractivity contribution is 4.76. The molecule has 0 aliphatic carbocycles. The quantitative estimate of drug-likeness (QED) is 0.432. The van der Waals surface area contributed by atoms with Crippen LogP contribution in [0.3, 0.4) is 0 Å². The van der Waals surface area contributed by atoms with Crippen LogP contribution in [0.2, 0.25) is 0 Å². The van der Waals surface area contributed by atoms with E-state index in [9.17, 15) is 0 Å². The van der Waals surface area contributed by atoms with Crippen molar-refractivity contribution in [3.63, 3.8) is 0 Å². The molecular formula is C6H13NO2. The maximum atomic E-state index is 9.06. The molecular weight excluding hydrogens is 118 g/mol. The molecule has 3 heteroatoms. The summed E-state index contributed by atoms with van der Waals surface area (Å²) in [6.07, 6.45) is 1.30. The second kappa shape index (κ2) is 3.15. The molecule has 1 aliphatic heterocycles. The third-order valence-electron chi connectivity index (χ3n) is 1.69. The van der Waals surface area contributed by atoms with Gasteiger partial charge >= 0.3 is 0 Å². The van der Waals surface area contributed by atoms with E-state index in [1.807, 2.05) is 0 Å². The Morgan fingerprint density at radius 1 is 1.56 bits per heavy atom. The molecule has 0 amide bonds. The summed E-state index contributed by atoms with van der Waals surface area (Å²) in [6.45, 7) is 0.962. The smallest absolute Gasteiger partial charge is 0.0585 e. The van der Waals surface area contributed by atoms with Gasteiger partial charge < -0.3 is 15.5 Å². The lowest BCUT2D eigenvalue weighted by atomic mass is 10.0. The topological polar surface area (TPSA) is 52.5 Å². The van der Waals surface area contributed by atoms with Gasteiger partial charge in [0, 0.05) is 6.04 Å². The highest BCUT2D eigenvalue weighted by atomic mass is 16.3. The van der Waals surface area contributed by atoms with E-state index in [1.165, 1.54) is 0 Å². The average molecular weight is 131 g/mol. The van der Waals surface area contributed by atoms with Gasteiger partial charge in [-0.2, -0.15) is 0 Å². The van der Waals surface area contributed by atoms with E-state index in [0.29, 0.717) is 6.42 Å². The zero-order valence-electron chi connectivity index (χ0n) is 5.38. The summed E-state index contributed by atoms with van der Waals surface area (Å²) < 4.78 is 0. The Morgan fingerprint density at radius 2 is 2.33 bits per heavy atom. The summed E-state index contributed by atoms with van der Waals surface area (Å²) in [4.78, 5) is 0. The zero-order valence-corrected chi connectivity index (χ0v) is 5.38. The Morgan fingerprint density at radius 3 is 2.78 bits per heavy atom. The molecule has 1 aliphatic rings. The van der Waals surface area contributed by atoms with E-state index in [-0.39, 0.29) is 18.8 Å². The van der Waals surface area contributed by atoms with Crippen molar-refractivity contribution in [1.82, 2.24) is 5.32 Å². The van der Waals surface area contributed by atoms with Crippen LogP contribution in [0, 0.1) is 0 Å². The summed E-state index contributed by atoms with van der Waals surface area (Å²) in [5, 5.41) is 20.8. The molecule has 0 unspecified atom stereocenters. The van der Waals surface area contributed by atoms with Gasteiger partial charge in [-0.3, -0.25) is 0 Å².